The number of methoxy groups -OCH3 is 1. The van der Waals surface area contributed by atoms with Crippen molar-refractivity contribution in [1.29, 1.82) is 0 Å². The molecule has 33 heavy (non-hydrogen) atoms. The Bertz CT molecular complexity index is 1150. The predicted molar refractivity (Wildman–Crippen MR) is 131 cm³/mol. The number of amides is 1. The Morgan fingerprint density at radius 3 is 2.12 bits per heavy atom. The quantitative estimate of drug-likeness (QED) is 0.469. The number of hydrogen-bond donors (Lipinski definition) is 1. The van der Waals surface area contributed by atoms with Gasteiger partial charge in [-0.2, -0.15) is 0 Å². The third-order valence-electron chi connectivity index (χ3n) is 5.51. The summed E-state index contributed by atoms with van der Waals surface area (Å²) in [6.07, 6.45) is 1.50. The molecule has 0 heterocycles. The summed E-state index contributed by atoms with van der Waals surface area (Å²) in [5.74, 6) is 0.354. The van der Waals surface area contributed by atoms with Crippen LogP contribution in [0.4, 0.5) is 5.69 Å². The van der Waals surface area contributed by atoms with E-state index in [9.17, 15) is 13.2 Å². The van der Waals surface area contributed by atoms with Gasteiger partial charge in [-0.3, -0.25) is 9.10 Å². The van der Waals surface area contributed by atoms with Crippen molar-refractivity contribution in [1.82, 2.24) is 5.32 Å². The van der Waals surface area contributed by atoms with Crippen LogP contribution in [0, 0.1) is 0 Å². The Morgan fingerprint density at radius 2 is 1.58 bits per heavy atom. The molecule has 0 aliphatic heterocycles. The number of rotatable bonds is 10. The van der Waals surface area contributed by atoms with E-state index in [1.165, 1.54) is 12.1 Å². The van der Waals surface area contributed by atoms with Crippen molar-refractivity contribution in [2.45, 2.75) is 37.6 Å². The smallest absolute Gasteiger partial charge is 0.264 e. The van der Waals surface area contributed by atoms with Crippen LogP contribution in [0.25, 0.3) is 0 Å². The molecule has 0 radical (unpaired) electrons. The van der Waals surface area contributed by atoms with Crippen LogP contribution in [-0.4, -0.2) is 28.0 Å². The Hall–Kier alpha value is -3.32. The van der Waals surface area contributed by atoms with E-state index in [1.54, 1.807) is 37.4 Å². The standard InChI is InChI=1S/C26H30N2O4S/c1-4-20-11-15-22(16-12-20)28(33(30,31)24-9-7-6-8-10-24)19-26(29)27-25(5-2)21-13-17-23(32-3)18-14-21/h6-18,25H,4-5,19H2,1-3H3,(H,27,29)/t25-/m1/s1. The number of hydrogen-bond acceptors (Lipinski definition) is 4. The van der Waals surface area contributed by atoms with Gasteiger partial charge < -0.3 is 10.1 Å². The minimum atomic E-state index is -3.93. The lowest BCUT2D eigenvalue weighted by Gasteiger charge is -2.26. The van der Waals surface area contributed by atoms with Crippen LogP contribution in [0.3, 0.4) is 0 Å². The van der Waals surface area contributed by atoms with Gasteiger partial charge in [0.05, 0.1) is 23.7 Å². The zero-order valence-electron chi connectivity index (χ0n) is 19.2. The van der Waals surface area contributed by atoms with Gasteiger partial charge in [-0.15, -0.1) is 0 Å². The molecule has 1 atom stereocenters. The van der Waals surface area contributed by atoms with Crippen molar-refractivity contribution >= 4 is 21.6 Å². The summed E-state index contributed by atoms with van der Waals surface area (Å²) < 4.78 is 33.3. The van der Waals surface area contributed by atoms with E-state index < -0.39 is 10.0 Å². The molecule has 0 fully saturated rings. The second-order valence-corrected chi connectivity index (χ2v) is 9.51. The summed E-state index contributed by atoms with van der Waals surface area (Å²) in [5, 5.41) is 2.98. The molecule has 0 aliphatic carbocycles. The SMILES string of the molecule is CCc1ccc(N(CC(=O)N[C@H](CC)c2ccc(OC)cc2)S(=O)(=O)c2ccccc2)cc1. The van der Waals surface area contributed by atoms with E-state index in [1.807, 2.05) is 50.2 Å². The highest BCUT2D eigenvalue weighted by atomic mass is 32.2. The van der Waals surface area contributed by atoms with Crippen molar-refractivity contribution in [3.05, 3.63) is 90.0 Å². The summed E-state index contributed by atoms with van der Waals surface area (Å²) >= 11 is 0. The molecule has 174 valence electrons. The zero-order valence-corrected chi connectivity index (χ0v) is 20.0. The van der Waals surface area contributed by atoms with Gasteiger partial charge in [-0.1, -0.05) is 56.3 Å². The summed E-state index contributed by atoms with van der Waals surface area (Å²) in [4.78, 5) is 13.2. The first kappa shape index (κ1) is 24.3. The normalized spacial score (nSPS) is 12.1. The fourth-order valence-electron chi connectivity index (χ4n) is 3.56. The molecule has 3 aromatic rings. The maximum Gasteiger partial charge on any atom is 0.264 e. The van der Waals surface area contributed by atoms with Crippen LogP contribution >= 0.6 is 0 Å². The maximum absolute atomic E-state index is 13.5. The molecule has 0 aromatic heterocycles. The molecule has 3 aromatic carbocycles. The largest absolute Gasteiger partial charge is 0.497 e. The number of sulfonamides is 1. The first-order valence-corrected chi connectivity index (χ1v) is 12.4. The van der Waals surface area contributed by atoms with Gasteiger partial charge in [0.1, 0.15) is 12.3 Å². The highest BCUT2D eigenvalue weighted by Gasteiger charge is 2.28. The number of benzene rings is 3. The number of nitrogens with one attached hydrogen (secondary N) is 1. The zero-order chi connectivity index (χ0) is 23.8. The van der Waals surface area contributed by atoms with Gasteiger partial charge in [0.2, 0.25) is 5.91 Å². The van der Waals surface area contributed by atoms with Crippen molar-refractivity contribution in [3.63, 3.8) is 0 Å². The fraction of sp³-hybridized carbons (Fsp3) is 0.269. The van der Waals surface area contributed by atoms with Crippen LogP contribution in [0.2, 0.25) is 0 Å². The van der Waals surface area contributed by atoms with Crippen LogP contribution < -0.4 is 14.4 Å². The Kier molecular flexibility index (Phi) is 8.11. The highest BCUT2D eigenvalue weighted by Crippen LogP contribution is 2.25. The van der Waals surface area contributed by atoms with E-state index in [4.69, 9.17) is 4.74 Å². The van der Waals surface area contributed by atoms with E-state index in [-0.39, 0.29) is 23.4 Å². The molecule has 0 saturated carbocycles. The number of aryl methyl sites for hydroxylation is 1. The molecule has 6 nitrogen and oxygen atoms in total. The lowest BCUT2D eigenvalue weighted by molar-refractivity contribution is -0.120. The Balaban J connectivity index is 1.87. The second kappa shape index (κ2) is 11.0. The molecular weight excluding hydrogens is 436 g/mol. The van der Waals surface area contributed by atoms with Gasteiger partial charge in [0.15, 0.2) is 0 Å². The van der Waals surface area contributed by atoms with Crippen LogP contribution in [-0.2, 0) is 21.2 Å². The molecule has 1 amide bonds. The third-order valence-corrected chi connectivity index (χ3v) is 7.30. The molecule has 3 rings (SSSR count). The number of anilines is 1. The van der Waals surface area contributed by atoms with Crippen molar-refractivity contribution in [2.24, 2.45) is 0 Å². The Morgan fingerprint density at radius 1 is 0.939 bits per heavy atom. The molecule has 0 spiro atoms. The number of carbonyl (C=O) groups excluding carboxylic acids is 1. The third kappa shape index (κ3) is 5.93. The molecule has 0 unspecified atom stereocenters. The first-order valence-electron chi connectivity index (χ1n) is 11.0. The van der Waals surface area contributed by atoms with Crippen molar-refractivity contribution < 1.29 is 17.9 Å². The Labute approximate surface area is 196 Å². The summed E-state index contributed by atoms with van der Waals surface area (Å²) in [7, 11) is -2.33. The lowest BCUT2D eigenvalue weighted by atomic mass is 10.0. The lowest BCUT2D eigenvalue weighted by Crippen LogP contribution is -2.42. The fourth-order valence-corrected chi connectivity index (χ4v) is 5.00. The first-order chi connectivity index (χ1) is 15.9. The topological polar surface area (TPSA) is 75.7 Å². The number of nitrogens with zero attached hydrogens (tertiary/aromatic N) is 1. The van der Waals surface area contributed by atoms with Crippen LogP contribution in [0.5, 0.6) is 5.75 Å². The van der Waals surface area contributed by atoms with Gasteiger partial charge in [0.25, 0.3) is 10.0 Å². The van der Waals surface area contributed by atoms with Crippen LogP contribution in [0.15, 0.2) is 83.8 Å². The monoisotopic (exact) mass is 466 g/mol. The highest BCUT2D eigenvalue weighted by molar-refractivity contribution is 7.92. The maximum atomic E-state index is 13.5. The average Bonchev–Trinajstić information content (AvgIpc) is 2.86. The van der Waals surface area contributed by atoms with Gasteiger partial charge in [0, 0.05) is 0 Å². The van der Waals surface area contributed by atoms with Crippen molar-refractivity contribution in [3.8, 4) is 5.75 Å². The van der Waals surface area contributed by atoms with E-state index >= 15 is 0 Å². The van der Waals surface area contributed by atoms with Crippen LogP contribution in [0.1, 0.15) is 37.4 Å². The van der Waals surface area contributed by atoms with Gasteiger partial charge >= 0.3 is 0 Å². The van der Waals surface area contributed by atoms with E-state index in [2.05, 4.69) is 5.32 Å². The molecule has 7 heteroatoms. The molecular formula is C26H30N2O4S. The van der Waals surface area contributed by atoms with Crippen molar-refractivity contribution in [2.75, 3.05) is 18.0 Å². The minimum absolute atomic E-state index is 0.138. The number of carbonyl (C=O) groups is 1. The molecule has 0 aliphatic rings. The molecule has 0 bridgehead atoms. The minimum Gasteiger partial charge on any atom is -0.497 e. The molecule has 1 N–H and O–H groups in total. The predicted octanol–water partition coefficient (Wildman–Crippen LogP) is 4.72. The van der Waals surface area contributed by atoms with Gasteiger partial charge in [-0.05, 0) is 60.4 Å². The summed E-state index contributed by atoms with van der Waals surface area (Å²) in [5.41, 5.74) is 2.46. The number of ether oxygens (including phenoxy) is 1. The van der Waals surface area contributed by atoms with E-state index in [0.29, 0.717) is 12.1 Å². The molecule has 0 saturated heterocycles. The second-order valence-electron chi connectivity index (χ2n) is 7.65. The summed E-state index contributed by atoms with van der Waals surface area (Å²) in [6, 6.07) is 22.6. The van der Waals surface area contributed by atoms with Gasteiger partial charge in [-0.25, -0.2) is 8.42 Å². The summed E-state index contributed by atoms with van der Waals surface area (Å²) in [6.45, 7) is 3.68. The average molecular weight is 467 g/mol. The van der Waals surface area contributed by atoms with E-state index in [0.717, 1.165) is 27.6 Å².